The van der Waals surface area contributed by atoms with E-state index in [0.29, 0.717) is 28.0 Å². The number of halogens is 3. The Labute approximate surface area is 147 Å². The van der Waals surface area contributed by atoms with E-state index in [-0.39, 0.29) is 5.95 Å². The molecule has 2 aromatic carbocycles. The third-order valence-corrected chi connectivity index (χ3v) is 3.49. The van der Waals surface area contributed by atoms with Crippen molar-refractivity contribution >= 4 is 34.7 Å². The number of rotatable bonds is 5. The molecular formula is C17H13ClF2N4O. The van der Waals surface area contributed by atoms with Gasteiger partial charge in [-0.2, -0.15) is 4.98 Å². The third kappa shape index (κ3) is 4.13. The lowest BCUT2D eigenvalue weighted by Crippen LogP contribution is -2.01. The highest BCUT2D eigenvalue weighted by Crippen LogP contribution is 2.30. The number of aromatic nitrogens is 2. The van der Waals surface area contributed by atoms with E-state index < -0.39 is 11.6 Å². The highest BCUT2D eigenvalue weighted by atomic mass is 35.5. The van der Waals surface area contributed by atoms with E-state index in [0.717, 1.165) is 12.1 Å². The van der Waals surface area contributed by atoms with Gasteiger partial charge in [-0.05, 0) is 36.4 Å². The lowest BCUT2D eigenvalue weighted by Gasteiger charge is -2.12. The molecule has 0 amide bonds. The normalized spacial score (nSPS) is 10.4. The van der Waals surface area contributed by atoms with Crippen molar-refractivity contribution in [3.63, 3.8) is 0 Å². The topological polar surface area (TPSA) is 59.1 Å². The molecule has 3 rings (SSSR count). The predicted octanol–water partition coefficient (Wildman–Crippen LogP) is 4.90. The number of anilines is 4. The molecule has 0 saturated carbocycles. The first-order valence-corrected chi connectivity index (χ1v) is 7.58. The molecular weight excluding hydrogens is 350 g/mol. The molecule has 1 aromatic heterocycles. The number of ether oxygens (including phenoxy) is 1. The molecule has 0 unspecified atom stereocenters. The summed E-state index contributed by atoms with van der Waals surface area (Å²) in [5.74, 6) is -0.589. The Morgan fingerprint density at radius 1 is 1.00 bits per heavy atom. The second-order valence-electron chi connectivity index (χ2n) is 4.99. The SMILES string of the molecule is COc1ccc(Cl)cc1Nc1ccnc(Nc2ccc(F)c(F)c2)n1. The van der Waals surface area contributed by atoms with Crippen LogP contribution < -0.4 is 15.4 Å². The van der Waals surface area contributed by atoms with Crippen LogP contribution in [-0.4, -0.2) is 17.1 Å². The molecule has 8 heteroatoms. The van der Waals surface area contributed by atoms with E-state index in [1.165, 1.54) is 12.3 Å². The summed E-state index contributed by atoms with van der Waals surface area (Å²) in [6, 6.07) is 10.2. The average Bonchev–Trinajstić information content (AvgIpc) is 2.59. The summed E-state index contributed by atoms with van der Waals surface area (Å²) in [7, 11) is 1.55. The van der Waals surface area contributed by atoms with Gasteiger partial charge in [0, 0.05) is 23.0 Å². The predicted molar refractivity (Wildman–Crippen MR) is 93.0 cm³/mol. The molecule has 5 nitrogen and oxygen atoms in total. The monoisotopic (exact) mass is 362 g/mol. The molecule has 0 aliphatic carbocycles. The van der Waals surface area contributed by atoms with E-state index in [1.54, 1.807) is 31.4 Å². The molecule has 2 N–H and O–H groups in total. The molecule has 0 fully saturated rings. The fourth-order valence-electron chi connectivity index (χ4n) is 2.11. The van der Waals surface area contributed by atoms with Gasteiger partial charge in [-0.25, -0.2) is 13.8 Å². The molecule has 1 heterocycles. The number of nitrogens with one attached hydrogen (secondary N) is 2. The molecule has 0 atom stereocenters. The maximum absolute atomic E-state index is 13.3. The molecule has 0 aliphatic heterocycles. The van der Waals surface area contributed by atoms with Crippen molar-refractivity contribution in [2.75, 3.05) is 17.7 Å². The molecule has 0 radical (unpaired) electrons. The number of methoxy groups -OCH3 is 1. The Balaban J connectivity index is 1.82. The first-order valence-electron chi connectivity index (χ1n) is 7.21. The first kappa shape index (κ1) is 16.9. The van der Waals surface area contributed by atoms with E-state index in [1.807, 2.05) is 0 Å². The van der Waals surface area contributed by atoms with E-state index in [4.69, 9.17) is 16.3 Å². The maximum atomic E-state index is 13.3. The molecule has 0 aliphatic rings. The van der Waals surface area contributed by atoms with Gasteiger partial charge >= 0.3 is 0 Å². The van der Waals surface area contributed by atoms with Crippen molar-refractivity contribution in [1.82, 2.24) is 9.97 Å². The van der Waals surface area contributed by atoms with Gasteiger partial charge in [-0.3, -0.25) is 0 Å². The van der Waals surface area contributed by atoms with Gasteiger partial charge in [-0.1, -0.05) is 11.6 Å². The zero-order valence-corrected chi connectivity index (χ0v) is 13.8. The lowest BCUT2D eigenvalue weighted by molar-refractivity contribution is 0.417. The van der Waals surface area contributed by atoms with E-state index in [2.05, 4.69) is 20.6 Å². The Bertz CT molecular complexity index is 908. The van der Waals surface area contributed by atoms with Crippen LogP contribution in [0.25, 0.3) is 0 Å². The van der Waals surface area contributed by atoms with Crippen molar-refractivity contribution in [2.24, 2.45) is 0 Å². The second kappa shape index (κ2) is 7.31. The minimum atomic E-state index is -0.956. The van der Waals surface area contributed by atoms with Gasteiger partial charge in [0.25, 0.3) is 0 Å². The molecule has 0 bridgehead atoms. The lowest BCUT2D eigenvalue weighted by atomic mass is 10.3. The quantitative estimate of drug-likeness (QED) is 0.675. The number of nitrogens with zero attached hydrogens (tertiary/aromatic N) is 2. The van der Waals surface area contributed by atoms with Crippen LogP contribution in [0.15, 0.2) is 48.7 Å². The summed E-state index contributed by atoms with van der Waals surface area (Å²) >= 11 is 6.00. The zero-order valence-electron chi connectivity index (χ0n) is 13.1. The van der Waals surface area contributed by atoms with Crippen LogP contribution in [0.5, 0.6) is 5.75 Å². The Kier molecular flexibility index (Phi) is 4.95. The largest absolute Gasteiger partial charge is 0.495 e. The summed E-state index contributed by atoms with van der Waals surface area (Å²) < 4.78 is 31.5. The molecule has 3 aromatic rings. The fraction of sp³-hybridized carbons (Fsp3) is 0.0588. The summed E-state index contributed by atoms with van der Waals surface area (Å²) in [6.07, 6.45) is 1.52. The summed E-state index contributed by atoms with van der Waals surface area (Å²) in [4.78, 5) is 8.33. The standard InChI is InChI=1S/C17H13ClF2N4O/c1-25-15-5-2-10(18)8-14(15)23-16-6-7-21-17(24-16)22-11-3-4-12(19)13(20)9-11/h2-9H,1H3,(H2,21,22,23,24). The van der Waals surface area contributed by atoms with Crippen LogP contribution in [0.2, 0.25) is 5.02 Å². The van der Waals surface area contributed by atoms with Crippen LogP contribution in [-0.2, 0) is 0 Å². The van der Waals surface area contributed by atoms with Crippen LogP contribution in [0.1, 0.15) is 0 Å². The van der Waals surface area contributed by atoms with Crippen LogP contribution in [0, 0.1) is 11.6 Å². The van der Waals surface area contributed by atoms with E-state index in [9.17, 15) is 8.78 Å². The van der Waals surface area contributed by atoms with Gasteiger partial charge < -0.3 is 15.4 Å². The number of benzene rings is 2. The van der Waals surface area contributed by atoms with Gasteiger partial charge in [-0.15, -0.1) is 0 Å². The fourth-order valence-corrected chi connectivity index (χ4v) is 2.28. The maximum Gasteiger partial charge on any atom is 0.229 e. The second-order valence-corrected chi connectivity index (χ2v) is 5.43. The van der Waals surface area contributed by atoms with Crippen molar-refractivity contribution < 1.29 is 13.5 Å². The van der Waals surface area contributed by atoms with Crippen molar-refractivity contribution in [3.05, 3.63) is 65.3 Å². The zero-order chi connectivity index (χ0) is 17.8. The number of hydrogen-bond acceptors (Lipinski definition) is 5. The minimum absolute atomic E-state index is 0.219. The Hall–Kier alpha value is -2.93. The molecule has 25 heavy (non-hydrogen) atoms. The van der Waals surface area contributed by atoms with Gasteiger partial charge in [0.15, 0.2) is 11.6 Å². The van der Waals surface area contributed by atoms with Crippen molar-refractivity contribution in [1.29, 1.82) is 0 Å². The summed E-state index contributed by atoms with van der Waals surface area (Å²) in [6.45, 7) is 0. The van der Waals surface area contributed by atoms with Crippen molar-refractivity contribution in [2.45, 2.75) is 0 Å². The smallest absolute Gasteiger partial charge is 0.229 e. The van der Waals surface area contributed by atoms with Crippen LogP contribution in [0.4, 0.5) is 31.9 Å². The van der Waals surface area contributed by atoms with Gasteiger partial charge in [0.2, 0.25) is 5.95 Å². The molecule has 128 valence electrons. The van der Waals surface area contributed by atoms with Gasteiger partial charge in [0.1, 0.15) is 11.6 Å². The highest BCUT2D eigenvalue weighted by Gasteiger charge is 2.07. The summed E-state index contributed by atoms with van der Waals surface area (Å²) in [5, 5.41) is 6.43. The van der Waals surface area contributed by atoms with Crippen molar-refractivity contribution in [3.8, 4) is 5.75 Å². The van der Waals surface area contributed by atoms with Crippen LogP contribution in [0.3, 0.4) is 0 Å². The number of hydrogen-bond donors (Lipinski definition) is 2. The summed E-state index contributed by atoms with van der Waals surface area (Å²) in [5.41, 5.74) is 0.962. The minimum Gasteiger partial charge on any atom is -0.495 e. The third-order valence-electron chi connectivity index (χ3n) is 3.26. The Morgan fingerprint density at radius 3 is 2.60 bits per heavy atom. The average molecular weight is 363 g/mol. The van der Waals surface area contributed by atoms with Gasteiger partial charge in [0.05, 0.1) is 12.8 Å². The molecule has 0 spiro atoms. The molecule has 0 saturated heterocycles. The highest BCUT2D eigenvalue weighted by molar-refractivity contribution is 6.31. The first-order chi connectivity index (χ1) is 12.0. The van der Waals surface area contributed by atoms with E-state index >= 15 is 0 Å². The van der Waals surface area contributed by atoms with Crippen LogP contribution >= 0.6 is 11.6 Å². The Morgan fingerprint density at radius 2 is 1.84 bits per heavy atom.